The average molecular weight is 454 g/mol. The fourth-order valence-corrected chi connectivity index (χ4v) is 4.63. The predicted molar refractivity (Wildman–Crippen MR) is 115 cm³/mol. The van der Waals surface area contributed by atoms with Gasteiger partial charge in [0.1, 0.15) is 0 Å². The van der Waals surface area contributed by atoms with E-state index in [0.29, 0.717) is 38.1 Å². The first kappa shape index (κ1) is 24.8. The Morgan fingerprint density at radius 1 is 1.16 bits per heavy atom. The Hall–Kier alpha value is -2.46. The fraction of sp³-hybridized carbons (Fsp3) is 0.571. The summed E-state index contributed by atoms with van der Waals surface area (Å²) in [7, 11) is -2.11. The van der Waals surface area contributed by atoms with E-state index < -0.39 is 10.0 Å². The van der Waals surface area contributed by atoms with Gasteiger partial charge in [0, 0.05) is 31.7 Å². The molecular weight excluding hydrogens is 422 g/mol. The highest BCUT2D eigenvalue weighted by Crippen LogP contribution is 2.19. The monoisotopic (exact) mass is 453 g/mol. The second kappa shape index (κ2) is 10.7. The normalized spacial score (nSPS) is 15.1. The maximum atomic E-state index is 12.6. The molecule has 1 saturated heterocycles. The largest absolute Gasteiger partial charge is 0.466 e. The molecule has 0 aromatic heterocycles. The summed E-state index contributed by atoms with van der Waals surface area (Å²) in [5.41, 5.74) is 0.291. The lowest BCUT2D eigenvalue weighted by atomic mass is 9.97. The third kappa shape index (κ3) is 6.76. The molecule has 2 rings (SSSR count). The van der Waals surface area contributed by atoms with Gasteiger partial charge in [-0.05, 0) is 57.9 Å². The molecule has 172 valence electrons. The number of sulfonamides is 1. The molecule has 1 fully saturated rings. The Balaban J connectivity index is 1.92. The summed E-state index contributed by atoms with van der Waals surface area (Å²) < 4.78 is 31.9. The number of nitrogens with zero attached hydrogens (tertiary/aromatic N) is 2. The minimum atomic E-state index is -3.64. The maximum absolute atomic E-state index is 12.6. The molecule has 0 atom stereocenters. The highest BCUT2D eigenvalue weighted by atomic mass is 32.2. The maximum Gasteiger partial charge on any atom is 0.309 e. The summed E-state index contributed by atoms with van der Waals surface area (Å²) in [6.07, 6.45) is 1.09. The van der Waals surface area contributed by atoms with Crippen LogP contribution >= 0.6 is 0 Å². The first-order valence-electron chi connectivity index (χ1n) is 10.4. The molecule has 1 heterocycles. The summed E-state index contributed by atoms with van der Waals surface area (Å²) in [5.74, 6) is -0.992. The number of hydrogen-bond acceptors (Lipinski definition) is 6. The van der Waals surface area contributed by atoms with Crippen molar-refractivity contribution in [3.63, 3.8) is 0 Å². The standard InChI is InChI=1S/C21H31N3O6S/c1-5-30-21(27)17-10-12-24(13-11-17)19(25)14-23(4)20(26)16-6-8-18(9-7-16)31(28,29)22-15(2)3/h6-9,15,17,22H,5,10-14H2,1-4H3. The summed E-state index contributed by atoms with van der Waals surface area (Å²) in [5, 5.41) is 0. The minimum Gasteiger partial charge on any atom is -0.466 e. The van der Waals surface area contributed by atoms with E-state index in [4.69, 9.17) is 4.74 Å². The molecule has 1 aromatic rings. The Morgan fingerprint density at radius 3 is 2.26 bits per heavy atom. The van der Waals surface area contributed by atoms with Gasteiger partial charge in [-0.25, -0.2) is 13.1 Å². The molecule has 1 aliphatic rings. The molecule has 0 radical (unpaired) electrons. The zero-order valence-corrected chi connectivity index (χ0v) is 19.3. The Kier molecular flexibility index (Phi) is 8.58. The number of benzene rings is 1. The third-order valence-corrected chi connectivity index (χ3v) is 6.66. The van der Waals surface area contributed by atoms with Crippen LogP contribution in [0.3, 0.4) is 0 Å². The van der Waals surface area contributed by atoms with Gasteiger partial charge in [-0.1, -0.05) is 0 Å². The zero-order chi connectivity index (χ0) is 23.2. The van der Waals surface area contributed by atoms with Crippen molar-refractivity contribution in [1.82, 2.24) is 14.5 Å². The van der Waals surface area contributed by atoms with Crippen LogP contribution in [0.1, 0.15) is 44.0 Å². The summed E-state index contributed by atoms with van der Waals surface area (Å²) in [6, 6.07) is 5.36. The Labute approximate surface area is 183 Å². The molecule has 1 N–H and O–H groups in total. The Bertz CT molecular complexity index is 890. The van der Waals surface area contributed by atoms with Crippen molar-refractivity contribution in [2.24, 2.45) is 5.92 Å². The lowest BCUT2D eigenvalue weighted by Crippen LogP contribution is -2.45. The van der Waals surface area contributed by atoms with E-state index in [9.17, 15) is 22.8 Å². The van der Waals surface area contributed by atoms with Gasteiger partial charge in [-0.3, -0.25) is 14.4 Å². The van der Waals surface area contributed by atoms with Gasteiger partial charge in [0.25, 0.3) is 5.91 Å². The van der Waals surface area contributed by atoms with E-state index in [1.165, 1.54) is 36.2 Å². The number of esters is 1. The van der Waals surface area contributed by atoms with Crippen molar-refractivity contribution in [3.05, 3.63) is 29.8 Å². The molecule has 10 heteroatoms. The van der Waals surface area contributed by atoms with Gasteiger partial charge in [-0.15, -0.1) is 0 Å². The SMILES string of the molecule is CCOC(=O)C1CCN(C(=O)CN(C)C(=O)c2ccc(S(=O)(=O)NC(C)C)cc2)CC1. The van der Waals surface area contributed by atoms with Crippen LogP contribution in [0.4, 0.5) is 0 Å². The minimum absolute atomic E-state index is 0.0703. The van der Waals surface area contributed by atoms with Crippen LogP contribution in [0.15, 0.2) is 29.2 Å². The number of carbonyl (C=O) groups excluding carboxylic acids is 3. The van der Waals surface area contributed by atoms with E-state index in [0.717, 1.165) is 0 Å². The third-order valence-electron chi connectivity index (χ3n) is 4.99. The van der Waals surface area contributed by atoms with Crippen LogP contribution in [0, 0.1) is 5.92 Å². The lowest BCUT2D eigenvalue weighted by Gasteiger charge is -2.32. The summed E-state index contributed by atoms with van der Waals surface area (Å²) in [6.45, 7) is 6.34. The van der Waals surface area contributed by atoms with Crippen LogP contribution in [-0.2, 0) is 24.3 Å². The van der Waals surface area contributed by atoms with Crippen molar-refractivity contribution >= 4 is 27.8 Å². The first-order valence-corrected chi connectivity index (χ1v) is 11.9. The number of piperidine rings is 1. The highest BCUT2D eigenvalue weighted by molar-refractivity contribution is 7.89. The molecule has 1 aliphatic heterocycles. The fourth-order valence-electron chi connectivity index (χ4n) is 3.37. The first-order chi connectivity index (χ1) is 14.5. The number of carbonyl (C=O) groups is 3. The quantitative estimate of drug-likeness (QED) is 0.593. The van der Waals surface area contributed by atoms with E-state index in [2.05, 4.69) is 4.72 Å². The van der Waals surface area contributed by atoms with Crippen molar-refractivity contribution in [3.8, 4) is 0 Å². The molecule has 1 aromatic carbocycles. The molecular formula is C21H31N3O6S. The van der Waals surface area contributed by atoms with Crippen molar-refractivity contribution in [2.75, 3.05) is 33.3 Å². The van der Waals surface area contributed by atoms with Gasteiger partial charge in [0.15, 0.2) is 0 Å². The second-order valence-corrected chi connectivity index (χ2v) is 9.58. The topological polar surface area (TPSA) is 113 Å². The molecule has 0 unspecified atom stereocenters. The van der Waals surface area contributed by atoms with E-state index >= 15 is 0 Å². The number of hydrogen-bond donors (Lipinski definition) is 1. The molecule has 0 spiro atoms. The lowest BCUT2D eigenvalue weighted by molar-refractivity contribution is -0.151. The van der Waals surface area contributed by atoms with Crippen molar-refractivity contribution in [2.45, 2.75) is 44.6 Å². The van der Waals surface area contributed by atoms with Gasteiger partial charge in [-0.2, -0.15) is 0 Å². The van der Waals surface area contributed by atoms with Crippen molar-refractivity contribution < 1.29 is 27.5 Å². The number of ether oxygens (including phenoxy) is 1. The number of nitrogens with one attached hydrogen (secondary N) is 1. The van der Waals surface area contributed by atoms with Crippen molar-refractivity contribution in [1.29, 1.82) is 0 Å². The summed E-state index contributed by atoms with van der Waals surface area (Å²) >= 11 is 0. The second-order valence-electron chi connectivity index (χ2n) is 7.87. The van der Waals surface area contributed by atoms with E-state index in [-0.39, 0.29) is 41.2 Å². The molecule has 9 nitrogen and oxygen atoms in total. The molecule has 0 aliphatic carbocycles. The Morgan fingerprint density at radius 2 is 1.74 bits per heavy atom. The van der Waals surface area contributed by atoms with Crippen LogP contribution in [-0.4, -0.2) is 75.3 Å². The number of likely N-dealkylation sites (tertiary alicyclic amines) is 1. The molecule has 0 bridgehead atoms. The zero-order valence-electron chi connectivity index (χ0n) is 18.5. The summed E-state index contributed by atoms with van der Waals surface area (Å²) in [4.78, 5) is 40.0. The van der Waals surface area contributed by atoms with Gasteiger partial charge >= 0.3 is 5.97 Å². The van der Waals surface area contributed by atoms with Crippen LogP contribution in [0.25, 0.3) is 0 Å². The molecule has 31 heavy (non-hydrogen) atoms. The van der Waals surface area contributed by atoms with E-state index in [1.807, 2.05) is 0 Å². The van der Waals surface area contributed by atoms with Gasteiger partial charge in [0.05, 0.1) is 24.0 Å². The number of amides is 2. The number of likely N-dealkylation sites (N-methyl/N-ethyl adjacent to an activating group) is 1. The average Bonchev–Trinajstić information content (AvgIpc) is 2.72. The molecule has 2 amide bonds. The molecule has 0 saturated carbocycles. The smallest absolute Gasteiger partial charge is 0.309 e. The van der Waals surface area contributed by atoms with Crippen LogP contribution < -0.4 is 4.72 Å². The highest BCUT2D eigenvalue weighted by Gasteiger charge is 2.29. The number of rotatable bonds is 8. The van der Waals surface area contributed by atoms with Gasteiger partial charge < -0.3 is 14.5 Å². The van der Waals surface area contributed by atoms with Gasteiger partial charge in [0.2, 0.25) is 15.9 Å². The van der Waals surface area contributed by atoms with E-state index in [1.54, 1.807) is 25.7 Å². The van der Waals surface area contributed by atoms with Crippen LogP contribution in [0.5, 0.6) is 0 Å². The van der Waals surface area contributed by atoms with Crippen LogP contribution in [0.2, 0.25) is 0 Å². The predicted octanol–water partition coefficient (Wildman–Crippen LogP) is 1.25.